The minimum atomic E-state index is -1.13. The van der Waals surface area contributed by atoms with Crippen LogP contribution in [0.5, 0.6) is 0 Å². The second-order valence-corrected chi connectivity index (χ2v) is 3.46. The fourth-order valence-electron chi connectivity index (χ4n) is 0.564. The minimum absolute atomic E-state index is 0. The average molecular weight is 276 g/mol. The van der Waals surface area contributed by atoms with E-state index in [1.165, 1.54) is 0 Å². The fraction of sp³-hybridized carbons (Fsp3) is 0. The van der Waals surface area contributed by atoms with Crippen LogP contribution in [0.1, 0.15) is 0 Å². The third-order valence-corrected chi connectivity index (χ3v) is 2.23. The Bertz CT molecular complexity index is 214. The topological polar surface area (TPSA) is 0 Å². The van der Waals surface area contributed by atoms with Crippen LogP contribution >= 0.6 is 0 Å². The Hall–Kier alpha value is 0.113. The van der Waals surface area contributed by atoms with Crippen molar-refractivity contribution in [3.05, 3.63) is 29.6 Å². The largest absolute Gasteiger partial charge is 1.00 e. The maximum atomic E-state index is 12.4. The van der Waals surface area contributed by atoms with Crippen LogP contribution in [0.3, 0.4) is 0 Å². The summed E-state index contributed by atoms with van der Waals surface area (Å²) in [6.07, 6.45) is 0. The van der Waals surface area contributed by atoms with Gasteiger partial charge in [0.2, 0.25) is 0 Å². The van der Waals surface area contributed by atoms with Gasteiger partial charge in [-0.15, -0.1) is 0 Å². The first-order valence-corrected chi connectivity index (χ1v) is 4.06. The van der Waals surface area contributed by atoms with E-state index < -0.39 is 17.5 Å². The van der Waals surface area contributed by atoms with E-state index in [-0.39, 0.29) is 21.1 Å². The molecule has 0 aromatic heterocycles. The van der Waals surface area contributed by atoms with Gasteiger partial charge < -0.3 is 17.0 Å². The molecule has 0 spiro atoms. The van der Waals surface area contributed by atoms with Gasteiger partial charge in [0.05, 0.1) is 0 Å². The van der Waals surface area contributed by atoms with Gasteiger partial charge in [0, 0.05) is 0 Å². The van der Waals surface area contributed by atoms with Crippen molar-refractivity contribution in [3.8, 4) is 0 Å². The summed E-state index contributed by atoms with van der Waals surface area (Å²) in [6.45, 7) is 0. The molecule has 0 radical (unpaired) electrons. The van der Waals surface area contributed by atoms with E-state index in [2.05, 4.69) is 0 Å². The molecule has 1 aromatic rings. The van der Waals surface area contributed by atoms with Crippen LogP contribution in [-0.2, 0) is 18.3 Å². The van der Waals surface area contributed by atoms with Crippen molar-refractivity contribution in [2.75, 3.05) is 0 Å². The van der Waals surface area contributed by atoms with Crippen molar-refractivity contribution in [1.29, 1.82) is 0 Å². The molecule has 0 amide bonds. The molecule has 0 saturated carbocycles. The molecule has 0 bridgehead atoms. The Kier molecular flexibility index (Phi) is 4.26. The van der Waals surface area contributed by atoms with Crippen LogP contribution in [-0.4, -0.2) is 0 Å². The smallest absolute Gasteiger partial charge is 1.00 e. The number of halogens is 4. The Labute approximate surface area is 82.2 Å². The van der Waals surface area contributed by atoms with E-state index in [1.54, 1.807) is 0 Å². The molecule has 0 aliphatic rings. The number of hydrogen-bond donors (Lipinski definition) is 0. The molecule has 0 unspecified atom stereocenters. The molecule has 0 saturated heterocycles. The first-order chi connectivity index (χ1) is 4.61. The van der Waals surface area contributed by atoms with Crippen molar-refractivity contribution < 1.29 is 48.5 Å². The minimum Gasteiger partial charge on any atom is -1.00 e. The van der Waals surface area contributed by atoms with Crippen LogP contribution in [0.2, 0.25) is 0 Å². The summed E-state index contributed by atoms with van der Waals surface area (Å²) >= 11 is 0.489. The Morgan fingerprint density at radius 3 is 1.82 bits per heavy atom. The van der Waals surface area contributed by atoms with Crippen molar-refractivity contribution in [2.45, 2.75) is 0 Å². The van der Waals surface area contributed by atoms with Gasteiger partial charge in [0.15, 0.2) is 0 Å². The standard InChI is InChI=1S/C6H2F3.BrH.Zn/c7-4-1-2-5(8)6(9)3-4;;/h2-3H;1H;/q;;+1/p-1. The van der Waals surface area contributed by atoms with E-state index >= 15 is 0 Å². The first kappa shape index (κ1) is 11.1. The maximum Gasteiger partial charge on any atom is -1.00 e. The van der Waals surface area contributed by atoms with Gasteiger partial charge >= 0.3 is 65.2 Å². The second-order valence-electron chi connectivity index (χ2n) is 1.86. The molecule has 0 atom stereocenters. The summed E-state index contributed by atoms with van der Waals surface area (Å²) in [7, 11) is 0. The molecule has 56 valence electrons. The third-order valence-electron chi connectivity index (χ3n) is 1.09. The van der Waals surface area contributed by atoms with E-state index in [4.69, 9.17) is 0 Å². The Morgan fingerprint density at radius 2 is 1.36 bits per heavy atom. The number of hydrogen-bond acceptors (Lipinski definition) is 0. The van der Waals surface area contributed by atoms with E-state index in [9.17, 15) is 13.2 Å². The zero-order valence-electron chi connectivity index (χ0n) is 5.37. The zero-order chi connectivity index (χ0) is 7.72. The van der Waals surface area contributed by atoms with Gasteiger partial charge in [-0.3, -0.25) is 0 Å². The molecule has 0 aliphatic heterocycles. The summed E-state index contributed by atoms with van der Waals surface area (Å²) < 4.78 is 37.0. The molecule has 1 rings (SSSR count). The molecule has 5 heteroatoms. The quantitative estimate of drug-likeness (QED) is 0.391. The SMILES string of the molecule is Fc1cc(F)[c]([Zn+])cc1F.[Br-]. The molecule has 0 heterocycles. The van der Waals surface area contributed by atoms with Crippen LogP contribution in [0, 0.1) is 17.5 Å². The van der Waals surface area contributed by atoms with Crippen molar-refractivity contribution in [1.82, 2.24) is 0 Å². The number of rotatable bonds is 0. The normalized spacial score (nSPS) is 9.18. The van der Waals surface area contributed by atoms with Crippen molar-refractivity contribution in [3.63, 3.8) is 0 Å². The van der Waals surface area contributed by atoms with Crippen LogP contribution in [0.25, 0.3) is 0 Å². The Balaban J connectivity index is 0.000001000. The second kappa shape index (κ2) is 4.22. The summed E-state index contributed by atoms with van der Waals surface area (Å²) in [6, 6.07) is 1.44. The third kappa shape index (κ3) is 2.56. The molecular formula is C6H2BrF3Zn. The Morgan fingerprint density at radius 1 is 0.909 bits per heavy atom. The van der Waals surface area contributed by atoms with Gasteiger partial charge in [-0.05, 0) is 0 Å². The molecule has 11 heavy (non-hydrogen) atoms. The van der Waals surface area contributed by atoms with Crippen LogP contribution < -0.4 is 21.1 Å². The fourth-order valence-corrected chi connectivity index (χ4v) is 1.15. The van der Waals surface area contributed by atoms with Gasteiger partial charge in [0.1, 0.15) is 0 Å². The maximum absolute atomic E-state index is 12.4. The first-order valence-electron chi connectivity index (χ1n) is 2.58. The predicted molar refractivity (Wildman–Crippen MR) is 26.0 cm³/mol. The average Bonchev–Trinajstić information content (AvgIpc) is 1.84. The van der Waals surface area contributed by atoms with Gasteiger partial charge in [-0.2, -0.15) is 0 Å². The molecular weight excluding hydrogens is 274 g/mol. The van der Waals surface area contributed by atoms with E-state index in [0.717, 1.165) is 6.07 Å². The van der Waals surface area contributed by atoms with E-state index in [0.29, 0.717) is 24.4 Å². The predicted octanol–water partition coefficient (Wildman–Crippen LogP) is -1.72. The molecule has 0 aliphatic carbocycles. The summed E-state index contributed by atoms with van der Waals surface area (Å²) in [5.74, 6) is -2.78. The van der Waals surface area contributed by atoms with Gasteiger partial charge in [-0.25, -0.2) is 0 Å². The molecule has 1 aromatic carbocycles. The monoisotopic (exact) mass is 274 g/mol. The van der Waals surface area contributed by atoms with E-state index in [1.807, 2.05) is 0 Å². The summed E-state index contributed by atoms with van der Waals surface area (Å²) in [5, 5.41) is 0. The zero-order valence-corrected chi connectivity index (χ0v) is 9.93. The summed E-state index contributed by atoms with van der Waals surface area (Å²) in [4.78, 5) is 0. The van der Waals surface area contributed by atoms with Crippen LogP contribution in [0.4, 0.5) is 13.2 Å². The number of benzene rings is 1. The van der Waals surface area contributed by atoms with Crippen molar-refractivity contribution >= 4 is 4.16 Å². The molecule has 0 fully saturated rings. The van der Waals surface area contributed by atoms with Crippen LogP contribution in [0.15, 0.2) is 12.1 Å². The van der Waals surface area contributed by atoms with Gasteiger partial charge in [-0.1, -0.05) is 0 Å². The van der Waals surface area contributed by atoms with Gasteiger partial charge in [0.25, 0.3) is 0 Å². The van der Waals surface area contributed by atoms with Crippen molar-refractivity contribution in [2.24, 2.45) is 0 Å². The molecule has 0 nitrogen and oxygen atoms in total. The summed E-state index contributed by atoms with van der Waals surface area (Å²) in [5.41, 5.74) is 0. The molecule has 0 N–H and O–H groups in total.